The van der Waals surface area contributed by atoms with E-state index in [4.69, 9.17) is 10.00 Å². The van der Waals surface area contributed by atoms with Crippen LogP contribution >= 0.6 is 0 Å². The van der Waals surface area contributed by atoms with Gasteiger partial charge in [0.2, 0.25) is 0 Å². The smallest absolute Gasteiger partial charge is 0.143 e. The predicted molar refractivity (Wildman–Crippen MR) is 77.7 cm³/mol. The molecule has 0 unspecified atom stereocenters. The number of rotatable bonds is 7. The van der Waals surface area contributed by atoms with Crippen LogP contribution in [0.4, 0.5) is 5.69 Å². The first-order valence-corrected chi connectivity index (χ1v) is 6.70. The summed E-state index contributed by atoms with van der Waals surface area (Å²) in [6.07, 6.45) is 6.46. The summed E-state index contributed by atoms with van der Waals surface area (Å²) in [6.45, 7) is 4.18. The highest BCUT2D eigenvalue weighted by Gasteiger charge is 2.08. The van der Waals surface area contributed by atoms with Crippen LogP contribution in [0.3, 0.4) is 0 Å². The normalized spacial score (nSPS) is 10.0. The molecule has 0 spiro atoms. The number of nitrogens with zero attached hydrogens (tertiary/aromatic N) is 3. The maximum absolute atomic E-state index is 9.16. The monoisotopic (exact) mass is 270 g/mol. The van der Waals surface area contributed by atoms with Gasteiger partial charge in [-0.05, 0) is 25.5 Å². The number of ether oxygens (including phenoxy) is 1. The van der Waals surface area contributed by atoms with E-state index < -0.39 is 0 Å². The molecule has 0 atom stereocenters. The van der Waals surface area contributed by atoms with E-state index in [1.165, 1.54) is 0 Å². The van der Waals surface area contributed by atoms with Crippen LogP contribution in [0.15, 0.2) is 36.9 Å². The molecule has 0 radical (unpaired) electrons. The molecule has 0 bridgehead atoms. The van der Waals surface area contributed by atoms with Crippen molar-refractivity contribution in [2.45, 2.75) is 19.9 Å². The van der Waals surface area contributed by atoms with Gasteiger partial charge in [-0.15, -0.1) is 0 Å². The highest BCUT2D eigenvalue weighted by atomic mass is 16.5. The fourth-order valence-corrected chi connectivity index (χ4v) is 1.98. The quantitative estimate of drug-likeness (QED) is 0.786. The van der Waals surface area contributed by atoms with Gasteiger partial charge in [-0.3, -0.25) is 0 Å². The third kappa shape index (κ3) is 3.51. The molecule has 0 aliphatic heterocycles. The van der Waals surface area contributed by atoms with Gasteiger partial charge in [-0.2, -0.15) is 5.26 Å². The summed E-state index contributed by atoms with van der Waals surface area (Å²) in [7, 11) is 0. The number of nitriles is 1. The number of hydrogen-bond acceptors (Lipinski definition) is 4. The molecule has 104 valence electrons. The molecule has 20 heavy (non-hydrogen) atoms. The van der Waals surface area contributed by atoms with Gasteiger partial charge < -0.3 is 14.6 Å². The van der Waals surface area contributed by atoms with Crippen LogP contribution in [-0.4, -0.2) is 22.7 Å². The molecule has 0 aliphatic rings. The predicted octanol–water partition coefficient (Wildman–Crippen LogP) is 2.66. The SMILES string of the molecule is CCOc1cccc(C#N)c1NCCCn1ccnc1. The summed E-state index contributed by atoms with van der Waals surface area (Å²) < 4.78 is 7.58. The fraction of sp³-hybridized carbons (Fsp3) is 0.333. The van der Waals surface area contributed by atoms with E-state index in [0.29, 0.717) is 12.2 Å². The maximum Gasteiger partial charge on any atom is 0.143 e. The zero-order valence-electron chi connectivity index (χ0n) is 11.5. The molecular weight excluding hydrogens is 252 g/mol. The van der Waals surface area contributed by atoms with Crippen LogP contribution < -0.4 is 10.1 Å². The van der Waals surface area contributed by atoms with Crippen molar-refractivity contribution in [3.05, 3.63) is 42.5 Å². The number of hydrogen-bond donors (Lipinski definition) is 1. The van der Waals surface area contributed by atoms with E-state index in [1.54, 1.807) is 18.6 Å². The second kappa shape index (κ2) is 7.19. The highest BCUT2D eigenvalue weighted by molar-refractivity contribution is 5.66. The van der Waals surface area contributed by atoms with Crippen molar-refractivity contribution in [3.8, 4) is 11.8 Å². The number of anilines is 1. The Morgan fingerprint density at radius 1 is 1.45 bits per heavy atom. The molecular formula is C15H18N4O. The minimum absolute atomic E-state index is 0.582. The molecule has 1 aromatic heterocycles. The lowest BCUT2D eigenvalue weighted by Crippen LogP contribution is -2.08. The molecule has 0 aliphatic carbocycles. The molecule has 0 saturated carbocycles. The van der Waals surface area contributed by atoms with Gasteiger partial charge in [-0.25, -0.2) is 4.98 Å². The van der Waals surface area contributed by atoms with Crippen molar-refractivity contribution in [2.24, 2.45) is 0 Å². The Balaban J connectivity index is 1.95. The zero-order valence-corrected chi connectivity index (χ0v) is 11.5. The summed E-state index contributed by atoms with van der Waals surface area (Å²) in [5.41, 5.74) is 1.39. The van der Waals surface area contributed by atoms with Gasteiger partial charge in [0.25, 0.3) is 0 Å². The summed E-state index contributed by atoms with van der Waals surface area (Å²) in [5.74, 6) is 0.731. The minimum Gasteiger partial charge on any atom is -0.492 e. The summed E-state index contributed by atoms with van der Waals surface area (Å²) in [5, 5.41) is 12.5. The van der Waals surface area contributed by atoms with Crippen molar-refractivity contribution in [1.82, 2.24) is 9.55 Å². The Kier molecular flexibility index (Phi) is 5.01. The van der Waals surface area contributed by atoms with Crippen LogP contribution in [-0.2, 0) is 6.54 Å². The molecule has 2 rings (SSSR count). The lowest BCUT2D eigenvalue weighted by atomic mass is 10.1. The standard InChI is InChI=1S/C15H18N4O/c1-2-20-14-6-3-5-13(11-16)15(14)18-7-4-9-19-10-8-17-12-19/h3,5-6,8,10,12,18H,2,4,7,9H2,1H3. The average molecular weight is 270 g/mol. The van der Waals surface area contributed by atoms with Crippen LogP contribution in [0.5, 0.6) is 5.75 Å². The number of imidazole rings is 1. The number of nitrogens with one attached hydrogen (secondary N) is 1. The third-order valence-corrected chi connectivity index (χ3v) is 2.90. The lowest BCUT2D eigenvalue weighted by molar-refractivity contribution is 0.341. The van der Waals surface area contributed by atoms with Gasteiger partial charge in [0.05, 0.1) is 24.2 Å². The second-order valence-electron chi connectivity index (χ2n) is 4.30. The second-order valence-corrected chi connectivity index (χ2v) is 4.30. The first-order valence-electron chi connectivity index (χ1n) is 6.70. The van der Waals surface area contributed by atoms with E-state index in [1.807, 2.05) is 29.8 Å². The Bertz CT molecular complexity index is 572. The molecule has 0 amide bonds. The van der Waals surface area contributed by atoms with Gasteiger partial charge in [0.15, 0.2) is 0 Å². The van der Waals surface area contributed by atoms with Gasteiger partial charge in [0.1, 0.15) is 11.8 Å². The third-order valence-electron chi connectivity index (χ3n) is 2.90. The van der Waals surface area contributed by atoms with E-state index in [9.17, 15) is 0 Å². The van der Waals surface area contributed by atoms with Gasteiger partial charge >= 0.3 is 0 Å². The Morgan fingerprint density at radius 3 is 3.05 bits per heavy atom. The van der Waals surface area contributed by atoms with Crippen molar-refractivity contribution in [1.29, 1.82) is 5.26 Å². The molecule has 5 nitrogen and oxygen atoms in total. The Hall–Kier alpha value is -2.48. The largest absolute Gasteiger partial charge is 0.492 e. The van der Waals surface area contributed by atoms with Crippen LogP contribution in [0.2, 0.25) is 0 Å². The van der Waals surface area contributed by atoms with Crippen molar-refractivity contribution in [3.63, 3.8) is 0 Å². The minimum atomic E-state index is 0.582. The Morgan fingerprint density at radius 2 is 2.35 bits per heavy atom. The van der Waals surface area contributed by atoms with Gasteiger partial charge in [0, 0.05) is 25.5 Å². The Labute approximate surface area is 118 Å². The molecule has 0 saturated heterocycles. The molecule has 5 heteroatoms. The van der Waals surface area contributed by atoms with Crippen molar-refractivity contribution < 1.29 is 4.74 Å². The number of aromatic nitrogens is 2. The highest BCUT2D eigenvalue weighted by Crippen LogP contribution is 2.28. The van der Waals surface area contributed by atoms with E-state index in [2.05, 4.69) is 16.4 Å². The summed E-state index contributed by atoms with van der Waals surface area (Å²) in [6, 6.07) is 7.69. The first kappa shape index (κ1) is 13.9. The van der Waals surface area contributed by atoms with Crippen LogP contribution in [0.1, 0.15) is 18.9 Å². The first-order chi connectivity index (χ1) is 9.85. The molecule has 2 aromatic rings. The van der Waals surface area contributed by atoms with Gasteiger partial charge in [-0.1, -0.05) is 6.07 Å². The summed E-state index contributed by atoms with van der Waals surface area (Å²) >= 11 is 0. The van der Waals surface area contributed by atoms with Crippen LogP contribution in [0.25, 0.3) is 0 Å². The molecule has 1 heterocycles. The summed E-state index contributed by atoms with van der Waals surface area (Å²) in [4.78, 5) is 4.00. The van der Waals surface area contributed by atoms with Crippen molar-refractivity contribution in [2.75, 3.05) is 18.5 Å². The van der Waals surface area contributed by atoms with Crippen molar-refractivity contribution >= 4 is 5.69 Å². The molecule has 1 N–H and O–H groups in total. The van der Waals surface area contributed by atoms with E-state index in [0.717, 1.165) is 30.9 Å². The number of aryl methyl sites for hydroxylation is 1. The fourth-order valence-electron chi connectivity index (χ4n) is 1.98. The maximum atomic E-state index is 9.16. The average Bonchev–Trinajstić information content (AvgIpc) is 2.98. The lowest BCUT2D eigenvalue weighted by Gasteiger charge is -2.13. The molecule has 0 fully saturated rings. The van der Waals surface area contributed by atoms with Crippen LogP contribution in [0, 0.1) is 11.3 Å². The zero-order chi connectivity index (χ0) is 14.2. The molecule has 1 aromatic carbocycles. The topological polar surface area (TPSA) is 62.9 Å². The van der Waals surface area contributed by atoms with E-state index >= 15 is 0 Å². The number of benzene rings is 1. The van der Waals surface area contributed by atoms with E-state index in [-0.39, 0.29) is 0 Å². The number of para-hydroxylation sites is 1.